The average Bonchev–Trinajstić information content (AvgIpc) is 3.08. The number of ketones is 1. The van der Waals surface area contributed by atoms with E-state index in [2.05, 4.69) is 4.90 Å². The van der Waals surface area contributed by atoms with Crippen LogP contribution in [0, 0.1) is 0 Å². The van der Waals surface area contributed by atoms with Gasteiger partial charge in [-0.1, -0.05) is 37.6 Å². The van der Waals surface area contributed by atoms with E-state index in [1.807, 2.05) is 13.8 Å². The fourth-order valence-electron chi connectivity index (χ4n) is 4.11. The van der Waals surface area contributed by atoms with Gasteiger partial charge in [0.15, 0.2) is 11.5 Å². The number of benzene rings is 2. The Balaban J connectivity index is 2.19. The third kappa shape index (κ3) is 4.84. The number of methoxy groups -OCH3 is 2. The molecule has 33 heavy (non-hydrogen) atoms. The van der Waals surface area contributed by atoms with Gasteiger partial charge >= 0.3 is 0 Å². The number of Topliss-reactive ketones (excluding diaryl/α,β-unsaturated/α-hetero) is 1. The summed E-state index contributed by atoms with van der Waals surface area (Å²) < 4.78 is 11.0. The van der Waals surface area contributed by atoms with Crippen LogP contribution in [0.5, 0.6) is 11.5 Å². The van der Waals surface area contributed by atoms with Gasteiger partial charge in [0.1, 0.15) is 5.76 Å². The van der Waals surface area contributed by atoms with Crippen LogP contribution >= 0.6 is 11.6 Å². The Kier molecular flexibility index (Phi) is 8.00. The lowest BCUT2D eigenvalue weighted by Crippen LogP contribution is -2.38. The van der Waals surface area contributed by atoms with Crippen LogP contribution in [0.4, 0.5) is 0 Å². The summed E-state index contributed by atoms with van der Waals surface area (Å²) in [6, 6.07) is 10.9. The number of nitrogens with zero attached hydrogens (tertiary/aromatic N) is 2. The highest BCUT2D eigenvalue weighted by Crippen LogP contribution is 2.45. The number of hydrogen-bond donors (Lipinski definition) is 1. The van der Waals surface area contributed by atoms with E-state index in [9.17, 15) is 14.7 Å². The smallest absolute Gasteiger partial charge is 0.295 e. The molecule has 0 aromatic heterocycles. The molecule has 1 unspecified atom stereocenters. The van der Waals surface area contributed by atoms with Crippen LogP contribution in [-0.4, -0.2) is 67.0 Å². The summed E-state index contributed by atoms with van der Waals surface area (Å²) in [6.07, 6.45) is 0. The molecule has 1 aliphatic rings. The molecular formula is C25H29ClN2O5. The minimum absolute atomic E-state index is 0.00780. The lowest BCUT2D eigenvalue weighted by atomic mass is 9.94. The lowest BCUT2D eigenvalue weighted by Gasteiger charge is -2.29. The summed E-state index contributed by atoms with van der Waals surface area (Å²) in [6.45, 7) is 6.62. The van der Waals surface area contributed by atoms with Crippen molar-refractivity contribution in [3.8, 4) is 11.5 Å². The molecule has 7 nitrogen and oxygen atoms in total. The van der Waals surface area contributed by atoms with E-state index in [-0.39, 0.29) is 11.3 Å². The van der Waals surface area contributed by atoms with Crippen molar-refractivity contribution >= 4 is 29.1 Å². The van der Waals surface area contributed by atoms with Crippen LogP contribution in [0.25, 0.3) is 5.76 Å². The topological polar surface area (TPSA) is 79.3 Å². The molecule has 0 spiro atoms. The predicted molar refractivity (Wildman–Crippen MR) is 128 cm³/mol. The highest BCUT2D eigenvalue weighted by atomic mass is 35.5. The monoisotopic (exact) mass is 472 g/mol. The first-order chi connectivity index (χ1) is 15.9. The van der Waals surface area contributed by atoms with Crippen molar-refractivity contribution in [2.24, 2.45) is 0 Å². The van der Waals surface area contributed by atoms with Crippen LogP contribution in [0.15, 0.2) is 48.0 Å². The van der Waals surface area contributed by atoms with Crippen molar-refractivity contribution in [2.75, 3.05) is 40.4 Å². The van der Waals surface area contributed by atoms with Crippen molar-refractivity contribution < 1.29 is 24.2 Å². The van der Waals surface area contributed by atoms with Crippen LogP contribution in [0.2, 0.25) is 5.02 Å². The van der Waals surface area contributed by atoms with E-state index < -0.39 is 17.7 Å². The number of carbonyl (C=O) groups is 2. The minimum atomic E-state index is -0.832. The molecule has 2 aromatic rings. The van der Waals surface area contributed by atoms with Crippen molar-refractivity contribution in [1.82, 2.24) is 9.80 Å². The summed E-state index contributed by atoms with van der Waals surface area (Å²) in [5, 5.41) is 11.7. The quantitative estimate of drug-likeness (QED) is 0.336. The predicted octanol–water partition coefficient (Wildman–Crippen LogP) is 4.12. The van der Waals surface area contributed by atoms with Gasteiger partial charge < -0.3 is 24.4 Å². The molecule has 0 saturated carbocycles. The number of carbonyl (C=O) groups excluding carboxylic acids is 2. The van der Waals surface area contributed by atoms with Gasteiger partial charge in [-0.05, 0) is 43.4 Å². The molecule has 176 valence electrons. The SMILES string of the molecule is CCN(CC)CCN1C(=O)C(=O)/C(=C(\O)c2ccc(Cl)cc2)C1c1cccc(OC)c1OC. The second kappa shape index (κ2) is 10.7. The first-order valence-corrected chi connectivity index (χ1v) is 11.2. The molecule has 1 amide bonds. The Bertz CT molecular complexity index is 1050. The van der Waals surface area contributed by atoms with Crippen LogP contribution in [0.3, 0.4) is 0 Å². The lowest BCUT2D eigenvalue weighted by molar-refractivity contribution is -0.140. The Morgan fingerprint density at radius 1 is 1.06 bits per heavy atom. The number of para-hydroxylation sites is 1. The summed E-state index contributed by atoms with van der Waals surface area (Å²) in [4.78, 5) is 30.0. The number of amides is 1. The number of likely N-dealkylation sites (N-methyl/N-ethyl adjacent to an activating group) is 1. The van der Waals surface area contributed by atoms with Gasteiger partial charge in [-0.2, -0.15) is 0 Å². The summed E-state index contributed by atoms with van der Waals surface area (Å²) in [5.74, 6) is -0.785. The Morgan fingerprint density at radius 3 is 2.30 bits per heavy atom. The van der Waals surface area contributed by atoms with E-state index in [1.165, 1.54) is 19.1 Å². The second-order valence-electron chi connectivity index (χ2n) is 7.61. The van der Waals surface area contributed by atoms with Crippen molar-refractivity contribution in [3.05, 3.63) is 64.2 Å². The van der Waals surface area contributed by atoms with Gasteiger partial charge in [-0.3, -0.25) is 9.59 Å². The highest BCUT2D eigenvalue weighted by molar-refractivity contribution is 6.46. The summed E-state index contributed by atoms with van der Waals surface area (Å²) in [5.41, 5.74) is 0.965. The highest BCUT2D eigenvalue weighted by Gasteiger charge is 2.47. The maximum atomic E-state index is 13.2. The zero-order valence-electron chi connectivity index (χ0n) is 19.3. The molecule has 1 saturated heterocycles. The molecule has 1 N–H and O–H groups in total. The Morgan fingerprint density at radius 2 is 1.73 bits per heavy atom. The van der Waals surface area contributed by atoms with Crippen molar-refractivity contribution in [1.29, 1.82) is 0 Å². The third-order valence-electron chi connectivity index (χ3n) is 5.94. The Hall–Kier alpha value is -3.03. The molecule has 8 heteroatoms. The fraction of sp³-hybridized carbons (Fsp3) is 0.360. The Labute approximate surface area is 199 Å². The average molecular weight is 473 g/mol. The normalized spacial score (nSPS) is 17.6. The van der Waals surface area contributed by atoms with Crippen LogP contribution in [0.1, 0.15) is 31.0 Å². The number of rotatable bonds is 9. The fourth-order valence-corrected chi connectivity index (χ4v) is 4.24. The van der Waals surface area contributed by atoms with Gasteiger partial charge in [0.25, 0.3) is 11.7 Å². The molecule has 1 aliphatic heterocycles. The van der Waals surface area contributed by atoms with E-state index in [1.54, 1.807) is 42.5 Å². The van der Waals surface area contributed by atoms with E-state index in [4.69, 9.17) is 21.1 Å². The number of aliphatic hydroxyl groups is 1. The molecular weight excluding hydrogens is 444 g/mol. The number of aliphatic hydroxyl groups excluding tert-OH is 1. The van der Waals surface area contributed by atoms with Gasteiger partial charge in [0.2, 0.25) is 0 Å². The van der Waals surface area contributed by atoms with Gasteiger partial charge in [0, 0.05) is 29.2 Å². The van der Waals surface area contributed by atoms with E-state index in [0.29, 0.717) is 40.7 Å². The van der Waals surface area contributed by atoms with Crippen LogP contribution < -0.4 is 9.47 Å². The summed E-state index contributed by atoms with van der Waals surface area (Å²) >= 11 is 5.98. The van der Waals surface area contributed by atoms with E-state index in [0.717, 1.165) is 13.1 Å². The largest absolute Gasteiger partial charge is 0.507 e. The second-order valence-corrected chi connectivity index (χ2v) is 8.05. The minimum Gasteiger partial charge on any atom is -0.507 e. The first-order valence-electron chi connectivity index (χ1n) is 10.8. The first kappa shape index (κ1) is 24.6. The maximum absolute atomic E-state index is 13.2. The van der Waals surface area contributed by atoms with Crippen molar-refractivity contribution in [2.45, 2.75) is 19.9 Å². The summed E-state index contributed by atoms with van der Waals surface area (Å²) in [7, 11) is 3.02. The maximum Gasteiger partial charge on any atom is 0.295 e. The third-order valence-corrected chi connectivity index (χ3v) is 6.19. The molecule has 0 bridgehead atoms. The standard InChI is InChI=1S/C25H29ClN2O5/c1-5-27(6-2)14-15-28-21(18-8-7-9-19(32-3)24(18)33-4)20(23(30)25(28)31)22(29)16-10-12-17(26)13-11-16/h7-13,21,29H,5-6,14-15H2,1-4H3/b22-20-. The molecule has 0 radical (unpaired) electrons. The number of hydrogen-bond acceptors (Lipinski definition) is 6. The molecule has 1 fully saturated rings. The van der Waals surface area contributed by atoms with Crippen molar-refractivity contribution in [3.63, 3.8) is 0 Å². The molecule has 2 aromatic carbocycles. The van der Waals surface area contributed by atoms with Crippen LogP contribution in [-0.2, 0) is 9.59 Å². The molecule has 1 atom stereocenters. The zero-order chi connectivity index (χ0) is 24.1. The number of halogens is 1. The van der Waals surface area contributed by atoms with Gasteiger partial charge in [0.05, 0.1) is 25.8 Å². The number of ether oxygens (including phenoxy) is 2. The van der Waals surface area contributed by atoms with Gasteiger partial charge in [-0.15, -0.1) is 0 Å². The zero-order valence-corrected chi connectivity index (χ0v) is 20.1. The van der Waals surface area contributed by atoms with Gasteiger partial charge in [-0.25, -0.2) is 0 Å². The molecule has 0 aliphatic carbocycles. The number of likely N-dealkylation sites (tertiary alicyclic amines) is 1. The van der Waals surface area contributed by atoms with E-state index >= 15 is 0 Å². The molecule has 3 rings (SSSR count). The molecule has 1 heterocycles.